The average molecular weight is 630 g/mol. The molecular formula is C35H39N3O6S. The first kappa shape index (κ1) is 33.1. The molecule has 4 aromatic rings. The minimum atomic E-state index is -4.30. The Labute approximate surface area is 265 Å². The van der Waals surface area contributed by atoms with Gasteiger partial charge >= 0.3 is 0 Å². The minimum absolute atomic E-state index is 0.00311. The van der Waals surface area contributed by atoms with Gasteiger partial charge in [-0.05, 0) is 54.8 Å². The Kier molecular flexibility index (Phi) is 10.9. The molecule has 0 fully saturated rings. The van der Waals surface area contributed by atoms with Crippen molar-refractivity contribution >= 4 is 27.5 Å². The first-order chi connectivity index (χ1) is 21.6. The Balaban J connectivity index is 1.86. The predicted molar refractivity (Wildman–Crippen MR) is 175 cm³/mol. The lowest BCUT2D eigenvalue weighted by Crippen LogP contribution is -2.53. The lowest BCUT2D eigenvalue weighted by atomic mass is 10.0. The van der Waals surface area contributed by atoms with Gasteiger partial charge in [-0.1, -0.05) is 72.3 Å². The largest absolute Gasteiger partial charge is 0.497 e. The summed E-state index contributed by atoms with van der Waals surface area (Å²) in [5.74, 6) is -0.320. The quantitative estimate of drug-likeness (QED) is 0.226. The molecule has 45 heavy (non-hydrogen) atoms. The van der Waals surface area contributed by atoms with Crippen LogP contribution in [0.2, 0.25) is 0 Å². The number of amides is 2. The molecule has 236 valence electrons. The molecule has 2 amide bonds. The molecular weight excluding hydrogens is 590 g/mol. The number of aryl methyl sites for hydroxylation is 2. The van der Waals surface area contributed by atoms with Gasteiger partial charge in [-0.3, -0.25) is 13.9 Å². The maximum absolute atomic E-state index is 14.5. The Morgan fingerprint density at radius 2 is 1.51 bits per heavy atom. The van der Waals surface area contributed by atoms with Crippen molar-refractivity contribution in [3.8, 4) is 11.5 Å². The summed E-state index contributed by atoms with van der Waals surface area (Å²) in [7, 11) is 0.117. The third kappa shape index (κ3) is 7.82. The summed E-state index contributed by atoms with van der Waals surface area (Å²) in [5, 5.41) is 2.70. The Hall–Kier alpha value is -4.83. The minimum Gasteiger partial charge on any atom is -0.497 e. The van der Waals surface area contributed by atoms with E-state index in [2.05, 4.69) is 5.32 Å². The molecule has 0 aliphatic rings. The summed E-state index contributed by atoms with van der Waals surface area (Å²) in [6, 6.07) is 27.2. The second kappa shape index (κ2) is 14.8. The van der Waals surface area contributed by atoms with Gasteiger partial charge in [-0.2, -0.15) is 0 Å². The van der Waals surface area contributed by atoms with Gasteiger partial charge in [-0.25, -0.2) is 8.42 Å². The normalized spacial score (nSPS) is 11.8. The summed E-state index contributed by atoms with van der Waals surface area (Å²) in [4.78, 5) is 29.5. The number of hydrogen-bond donors (Lipinski definition) is 1. The van der Waals surface area contributed by atoms with Crippen molar-refractivity contribution in [3.05, 3.63) is 119 Å². The van der Waals surface area contributed by atoms with Crippen LogP contribution in [0.5, 0.6) is 11.5 Å². The lowest BCUT2D eigenvalue weighted by molar-refractivity contribution is -0.139. The number of hydrogen-bond acceptors (Lipinski definition) is 6. The van der Waals surface area contributed by atoms with E-state index >= 15 is 0 Å². The van der Waals surface area contributed by atoms with Crippen molar-refractivity contribution in [3.63, 3.8) is 0 Å². The Morgan fingerprint density at radius 3 is 2.13 bits per heavy atom. The van der Waals surface area contributed by atoms with Crippen molar-refractivity contribution in [2.75, 3.05) is 32.1 Å². The van der Waals surface area contributed by atoms with E-state index in [4.69, 9.17) is 9.47 Å². The molecule has 0 saturated heterocycles. The number of benzene rings is 4. The van der Waals surface area contributed by atoms with Crippen LogP contribution >= 0.6 is 0 Å². The number of sulfonamides is 1. The van der Waals surface area contributed by atoms with E-state index in [0.29, 0.717) is 5.75 Å². The van der Waals surface area contributed by atoms with Crippen molar-refractivity contribution in [1.29, 1.82) is 0 Å². The number of ether oxygens (including phenoxy) is 2. The molecule has 0 saturated carbocycles. The molecule has 0 aliphatic heterocycles. The summed E-state index contributed by atoms with van der Waals surface area (Å²) in [6.45, 7) is 3.27. The van der Waals surface area contributed by atoms with Gasteiger partial charge in [0.15, 0.2) is 0 Å². The molecule has 0 heterocycles. The Bertz CT molecular complexity index is 1730. The van der Waals surface area contributed by atoms with Crippen LogP contribution in [0.4, 0.5) is 5.69 Å². The summed E-state index contributed by atoms with van der Waals surface area (Å²) in [5.41, 5.74) is 3.63. The van der Waals surface area contributed by atoms with Crippen LogP contribution in [0.25, 0.3) is 0 Å². The lowest BCUT2D eigenvalue weighted by Gasteiger charge is -2.34. The maximum Gasteiger partial charge on any atom is 0.264 e. The second-order valence-corrected chi connectivity index (χ2v) is 12.5. The highest BCUT2D eigenvalue weighted by molar-refractivity contribution is 7.92. The van der Waals surface area contributed by atoms with Crippen LogP contribution < -0.4 is 19.1 Å². The fraction of sp³-hybridized carbons (Fsp3) is 0.257. The highest BCUT2D eigenvalue weighted by Gasteiger charge is 2.35. The zero-order chi connectivity index (χ0) is 32.6. The fourth-order valence-corrected chi connectivity index (χ4v) is 6.45. The van der Waals surface area contributed by atoms with Crippen LogP contribution in [0.15, 0.2) is 102 Å². The van der Waals surface area contributed by atoms with Gasteiger partial charge in [0.2, 0.25) is 11.8 Å². The fourth-order valence-electron chi connectivity index (χ4n) is 5.03. The number of nitrogens with zero attached hydrogens (tertiary/aromatic N) is 2. The number of likely N-dealkylation sites (N-methyl/N-ethyl adjacent to an activating group) is 1. The van der Waals surface area contributed by atoms with E-state index in [0.717, 1.165) is 26.6 Å². The second-order valence-electron chi connectivity index (χ2n) is 10.6. The zero-order valence-corrected chi connectivity index (χ0v) is 27.0. The number of rotatable bonds is 13. The third-order valence-electron chi connectivity index (χ3n) is 7.66. The first-order valence-corrected chi connectivity index (χ1v) is 15.9. The van der Waals surface area contributed by atoms with Crippen LogP contribution in [-0.2, 0) is 32.6 Å². The van der Waals surface area contributed by atoms with Gasteiger partial charge in [0.05, 0.1) is 24.8 Å². The molecule has 1 N–H and O–H groups in total. The molecule has 0 radical (unpaired) electrons. The van der Waals surface area contributed by atoms with E-state index in [1.807, 2.05) is 68.4 Å². The van der Waals surface area contributed by atoms with Gasteiger partial charge in [0, 0.05) is 26.1 Å². The van der Waals surface area contributed by atoms with Crippen molar-refractivity contribution in [1.82, 2.24) is 10.2 Å². The van der Waals surface area contributed by atoms with Crippen molar-refractivity contribution in [2.45, 2.75) is 37.8 Å². The van der Waals surface area contributed by atoms with Gasteiger partial charge in [0.25, 0.3) is 10.0 Å². The molecule has 0 spiro atoms. The highest BCUT2D eigenvalue weighted by Crippen LogP contribution is 2.36. The first-order valence-electron chi connectivity index (χ1n) is 14.5. The van der Waals surface area contributed by atoms with Gasteiger partial charge < -0.3 is 19.7 Å². The molecule has 0 aromatic heterocycles. The smallest absolute Gasteiger partial charge is 0.264 e. The molecule has 9 nitrogen and oxygen atoms in total. The topological polar surface area (TPSA) is 105 Å². The van der Waals surface area contributed by atoms with Crippen LogP contribution in [-0.4, -0.2) is 59.0 Å². The van der Waals surface area contributed by atoms with Crippen LogP contribution in [0.1, 0.15) is 22.3 Å². The van der Waals surface area contributed by atoms with Crippen molar-refractivity contribution in [2.24, 2.45) is 0 Å². The molecule has 0 bridgehead atoms. The number of nitrogens with one attached hydrogen (secondary N) is 1. The van der Waals surface area contributed by atoms with E-state index < -0.39 is 28.5 Å². The third-order valence-corrected chi connectivity index (χ3v) is 9.44. The van der Waals surface area contributed by atoms with Crippen molar-refractivity contribution < 1.29 is 27.5 Å². The van der Waals surface area contributed by atoms with E-state index in [1.165, 1.54) is 44.4 Å². The zero-order valence-electron chi connectivity index (χ0n) is 26.2. The number of carbonyl (C=O) groups is 2. The summed E-state index contributed by atoms with van der Waals surface area (Å²) >= 11 is 0. The standard InChI is InChI=1S/C35H39N3O6S/c1-25-15-18-30(19-16-25)45(41,42)38(31-22-29(43-4)17-20-33(31)44-5)24-34(39)37(23-28-14-10-9-11-26(28)2)32(35(40)36-3)21-27-12-7-6-8-13-27/h6-20,22,32H,21,23-24H2,1-5H3,(H,36,40)/t32-/m0/s1. The van der Waals surface area contributed by atoms with E-state index in [9.17, 15) is 18.0 Å². The summed E-state index contributed by atoms with van der Waals surface area (Å²) in [6.07, 6.45) is 0.228. The average Bonchev–Trinajstić information content (AvgIpc) is 3.05. The molecule has 4 aromatic carbocycles. The van der Waals surface area contributed by atoms with Crippen LogP contribution in [0, 0.1) is 13.8 Å². The predicted octanol–water partition coefficient (Wildman–Crippen LogP) is 4.90. The molecule has 1 atom stereocenters. The molecule has 4 rings (SSSR count). The van der Waals surface area contributed by atoms with Gasteiger partial charge in [-0.15, -0.1) is 0 Å². The number of methoxy groups -OCH3 is 2. The Morgan fingerprint density at radius 1 is 0.844 bits per heavy atom. The molecule has 0 unspecified atom stereocenters. The SMILES string of the molecule is CNC(=O)[C@H](Cc1ccccc1)N(Cc1ccccc1C)C(=O)CN(c1cc(OC)ccc1OC)S(=O)(=O)c1ccc(C)cc1. The molecule has 0 aliphatic carbocycles. The van der Waals surface area contributed by atoms with E-state index in [-0.39, 0.29) is 35.2 Å². The van der Waals surface area contributed by atoms with Crippen LogP contribution in [0.3, 0.4) is 0 Å². The monoisotopic (exact) mass is 629 g/mol. The summed E-state index contributed by atoms with van der Waals surface area (Å²) < 4.78 is 40.6. The molecule has 10 heteroatoms. The maximum atomic E-state index is 14.5. The van der Waals surface area contributed by atoms with E-state index in [1.54, 1.807) is 24.3 Å². The van der Waals surface area contributed by atoms with Gasteiger partial charge in [0.1, 0.15) is 24.1 Å². The number of carbonyl (C=O) groups excluding carboxylic acids is 2. The number of anilines is 1. The highest BCUT2D eigenvalue weighted by atomic mass is 32.2.